The van der Waals surface area contributed by atoms with Crippen LogP contribution in [-0.2, 0) is 6.54 Å². The van der Waals surface area contributed by atoms with Crippen LogP contribution in [0.4, 0.5) is 0 Å². The summed E-state index contributed by atoms with van der Waals surface area (Å²) in [5, 5.41) is 6.50. The van der Waals surface area contributed by atoms with E-state index in [9.17, 15) is 0 Å². The van der Waals surface area contributed by atoms with E-state index in [1.807, 2.05) is 55.5 Å². The minimum Gasteiger partial charge on any atom is -0.497 e. The van der Waals surface area contributed by atoms with E-state index in [-0.39, 0.29) is 0 Å². The van der Waals surface area contributed by atoms with Gasteiger partial charge in [-0.1, -0.05) is 18.2 Å². The van der Waals surface area contributed by atoms with E-state index in [0.717, 1.165) is 35.3 Å². The zero-order chi connectivity index (χ0) is 18.6. The van der Waals surface area contributed by atoms with Crippen molar-refractivity contribution in [2.45, 2.75) is 13.5 Å². The molecule has 0 fully saturated rings. The molecule has 2 rings (SSSR count). The van der Waals surface area contributed by atoms with Gasteiger partial charge in [0.25, 0.3) is 0 Å². The Morgan fingerprint density at radius 3 is 2.46 bits per heavy atom. The standard InChI is InChI=1S/C20H27N3O3/c1-4-21-20(22-12-13-26-17-8-6-5-7-9-17)23-15-16-10-11-18(24-2)14-19(16)25-3/h5-11,14H,4,12-13,15H2,1-3H3,(H2,21,22,23). The van der Waals surface area contributed by atoms with Crippen molar-refractivity contribution >= 4 is 5.96 Å². The molecule has 0 bridgehead atoms. The molecule has 0 aliphatic carbocycles. The van der Waals surface area contributed by atoms with Gasteiger partial charge in [-0.3, -0.25) is 0 Å². The topological polar surface area (TPSA) is 64.1 Å². The fraction of sp³-hybridized carbons (Fsp3) is 0.350. The zero-order valence-corrected chi connectivity index (χ0v) is 15.6. The van der Waals surface area contributed by atoms with Crippen LogP contribution in [0.1, 0.15) is 12.5 Å². The monoisotopic (exact) mass is 357 g/mol. The Hall–Kier alpha value is -2.89. The van der Waals surface area contributed by atoms with E-state index < -0.39 is 0 Å². The first-order valence-corrected chi connectivity index (χ1v) is 8.67. The van der Waals surface area contributed by atoms with Crippen LogP contribution in [-0.4, -0.2) is 39.9 Å². The predicted octanol–water partition coefficient (Wildman–Crippen LogP) is 2.84. The molecule has 2 aromatic rings. The lowest BCUT2D eigenvalue weighted by Gasteiger charge is -2.13. The molecule has 2 N–H and O–H groups in total. The highest BCUT2D eigenvalue weighted by Gasteiger charge is 2.05. The second kappa shape index (κ2) is 10.9. The Morgan fingerprint density at radius 2 is 1.77 bits per heavy atom. The van der Waals surface area contributed by atoms with Gasteiger partial charge in [-0.05, 0) is 31.2 Å². The van der Waals surface area contributed by atoms with E-state index in [2.05, 4.69) is 15.6 Å². The summed E-state index contributed by atoms with van der Waals surface area (Å²) >= 11 is 0. The van der Waals surface area contributed by atoms with E-state index in [4.69, 9.17) is 14.2 Å². The first-order valence-electron chi connectivity index (χ1n) is 8.67. The number of hydrogen-bond donors (Lipinski definition) is 2. The third-order valence-electron chi connectivity index (χ3n) is 3.65. The molecule has 0 radical (unpaired) electrons. The molecule has 0 saturated heterocycles. The molecule has 0 saturated carbocycles. The number of nitrogens with zero attached hydrogens (tertiary/aromatic N) is 1. The quantitative estimate of drug-likeness (QED) is 0.410. The summed E-state index contributed by atoms with van der Waals surface area (Å²) in [5.74, 6) is 3.12. The Bertz CT molecular complexity index is 690. The van der Waals surface area contributed by atoms with Crippen LogP contribution in [0.5, 0.6) is 17.2 Å². The number of benzene rings is 2. The van der Waals surface area contributed by atoms with Gasteiger partial charge in [0.2, 0.25) is 0 Å². The first-order chi connectivity index (χ1) is 12.8. The fourth-order valence-corrected chi connectivity index (χ4v) is 2.34. The minimum absolute atomic E-state index is 0.502. The Labute approximate surface area is 155 Å². The number of aliphatic imine (C=N–C) groups is 1. The van der Waals surface area contributed by atoms with Crippen LogP contribution in [0, 0.1) is 0 Å². The van der Waals surface area contributed by atoms with Gasteiger partial charge in [-0.2, -0.15) is 0 Å². The molecule has 0 spiro atoms. The molecule has 0 aliphatic rings. The van der Waals surface area contributed by atoms with Gasteiger partial charge in [0.05, 0.1) is 27.3 Å². The summed E-state index contributed by atoms with van der Waals surface area (Å²) in [7, 11) is 3.28. The third kappa shape index (κ3) is 6.20. The summed E-state index contributed by atoms with van der Waals surface area (Å²) in [6.45, 7) is 4.53. The van der Waals surface area contributed by atoms with Crippen molar-refractivity contribution in [2.75, 3.05) is 33.9 Å². The fourth-order valence-electron chi connectivity index (χ4n) is 2.34. The molecular formula is C20H27N3O3. The van der Waals surface area contributed by atoms with Gasteiger partial charge < -0.3 is 24.8 Å². The number of hydrogen-bond acceptors (Lipinski definition) is 4. The number of nitrogens with one attached hydrogen (secondary N) is 2. The van der Waals surface area contributed by atoms with Crippen molar-refractivity contribution in [3.63, 3.8) is 0 Å². The van der Waals surface area contributed by atoms with Gasteiger partial charge >= 0.3 is 0 Å². The normalized spacial score (nSPS) is 11.0. The molecule has 0 aliphatic heterocycles. The van der Waals surface area contributed by atoms with E-state index in [1.54, 1.807) is 14.2 Å². The van der Waals surface area contributed by atoms with Gasteiger partial charge in [0, 0.05) is 18.2 Å². The molecule has 6 nitrogen and oxygen atoms in total. The second-order valence-electron chi connectivity index (χ2n) is 5.46. The van der Waals surface area contributed by atoms with Crippen LogP contribution in [0.3, 0.4) is 0 Å². The van der Waals surface area contributed by atoms with Crippen molar-refractivity contribution in [3.8, 4) is 17.2 Å². The Morgan fingerprint density at radius 1 is 0.962 bits per heavy atom. The number of methoxy groups -OCH3 is 2. The highest BCUT2D eigenvalue weighted by molar-refractivity contribution is 5.79. The Kier molecular flexibility index (Phi) is 8.12. The van der Waals surface area contributed by atoms with Crippen LogP contribution in [0.2, 0.25) is 0 Å². The number of para-hydroxylation sites is 1. The van der Waals surface area contributed by atoms with E-state index >= 15 is 0 Å². The number of rotatable bonds is 9. The second-order valence-corrected chi connectivity index (χ2v) is 5.46. The lowest BCUT2D eigenvalue weighted by atomic mass is 10.2. The smallest absolute Gasteiger partial charge is 0.191 e. The minimum atomic E-state index is 0.502. The molecule has 0 unspecified atom stereocenters. The van der Waals surface area contributed by atoms with Crippen LogP contribution >= 0.6 is 0 Å². The lowest BCUT2D eigenvalue weighted by molar-refractivity contribution is 0.322. The molecular weight excluding hydrogens is 330 g/mol. The predicted molar refractivity (Wildman–Crippen MR) is 104 cm³/mol. The third-order valence-corrected chi connectivity index (χ3v) is 3.65. The average molecular weight is 357 g/mol. The summed E-state index contributed by atoms with van der Waals surface area (Å²) in [6.07, 6.45) is 0. The van der Waals surface area contributed by atoms with Crippen LogP contribution < -0.4 is 24.8 Å². The van der Waals surface area contributed by atoms with E-state index in [0.29, 0.717) is 19.7 Å². The van der Waals surface area contributed by atoms with Gasteiger partial charge in [-0.15, -0.1) is 0 Å². The molecule has 2 aromatic carbocycles. The van der Waals surface area contributed by atoms with Crippen molar-refractivity contribution in [1.82, 2.24) is 10.6 Å². The summed E-state index contributed by atoms with van der Waals surface area (Å²) in [6, 6.07) is 15.5. The SMILES string of the molecule is CCNC(=NCc1ccc(OC)cc1OC)NCCOc1ccccc1. The number of ether oxygens (including phenoxy) is 3. The number of guanidine groups is 1. The van der Waals surface area contributed by atoms with Gasteiger partial charge in [0.15, 0.2) is 5.96 Å². The van der Waals surface area contributed by atoms with Crippen molar-refractivity contribution in [2.24, 2.45) is 4.99 Å². The average Bonchev–Trinajstić information content (AvgIpc) is 2.69. The molecule has 0 aromatic heterocycles. The molecule has 0 amide bonds. The largest absolute Gasteiger partial charge is 0.497 e. The summed E-state index contributed by atoms with van der Waals surface area (Å²) in [4.78, 5) is 4.61. The summed E-state index contributed by atoms with van der Waals surface area (Å²) in [5.41, 5.74) is 0.992. The van der Waals surface area contributed by atoms with Crippen LogP contribution in [0.15, 0.2) is 53.5 Å². The maximum Gasteiger partial charge on any atom is 0.191 e. The molecule has 0 atom stereocenters. The van der Waals surface area contributed by atoms with Crippen molar-refractivity contribution in [1.29, 1.82) is 0 Å². The Balaban J connectivity index is 1.89. The molecule has 6 heteroatoms. The summed E-state index contributed by atoms with van der Waals surface area (Å²) < 4.78 is 16.3. The molecule has 26 heavy (non-hydrogen) atoms. The zero-order valence-electron chi connectivity index (χ0n) is 15.6. The lowest BCUT2D eigenvalue weighted by Crippen LogP contribution is -2.39. The maximum atomic E-state index is 5.68. The molecule has 0 heterocycles. The van der Waals surface area contributed by atoms with E-state index in [1.165, 1.54) is 0 Å². The maximum absolute atomic E-state index is 5.68. The van der Waals surface area contributed by atoms with Gasteiger partial charge in [0.1, 0.15) is 23.9 Å². The van der Waals surface area contributed by atoms with Crippen molar-refractivity contribution in [3.05, 3.63) is 54.1 Å². The van der Waals surface area contributed by atoms with Crippen LogP contribution in [0.25, 0.3) is 0 Å². The molecule has 140 valence electrons. The van der Waals surface area contributed by atoms with Gasteiger partial charge in [-0.25, -0.2) is 4.99 Å². The van der Waals surface area contributed by atoms with Crippen molar-refractivity contribution < 1.29 is 14.2 Å². The highest BCUT2D eigenvalue weighted by Crippen LogP contribution is 2.25. The first kappa shape index (κ1) is 19.4. The highest BCUT2D eigenvalue weighted by atomic mass is 16.5.